The zero-order valence-electron chi connectivity index (χ0n) is 17.9. The molecule has 2 aromatic carbocycles. The van der Waals surface area contributed by atoms with Gasteiger partial charge in [-0.2, -0.15) is 8.42 Å². The van der Waals surface area contributed by atoms with Crippen LogP contribution < -0.4 is 0 Å². The van der Waals surface area contributed by atoms with Crippen LogP contribution in [0.5, 0.6) is 5.75 Å². The van der Waals surface area contributed by atoms with Crippen molar-refractivity contribution in [3.63, 3.8) is 0 Å². The Labute approximate surface area is 179 Å². The second-order valence-corrected chi connectivity index (χ2v) is 9.53. The fourth-order valence-electron chi connectivity index (χ4n) is 3.79. The van der Waals surface area contributed by atoms with Crippen LogP contribution in [0.4, 0.5) is 0 Å². The van der Waals surface area contributed by atoms with Crippen LogP contribution in [0.1, 0.15) is 49.0 Å². The number of benzene rings is 2. The van der Waals surface area contributed by atoms with Gasteiger partial charge in [-0.25, -0.2) is 4.18 Å². The van der Waals surface area contributed by atoms with Crippen LogP contribution in [0.3, 0.4) is 0 Å². The number of aryl methyl sites for hydroxylation is 2. The maximum Gasteiger partial charge on any atom is 0.299 e. The van der Waals surface area contributed by atoms with Crippen LogP contribution in [0.15, 0.2) is 47.4 Å². The van der Waals surface area contributed by atoms with E-state index in [0.29, 0.717) is 6.54 Å². The molecular formula is C23H31NO5S. The monoisotopic (exact) mass is 433 g/mol. The van der Waals surface area contributed by atoms with Crippen molar-refractivity contribution in [2.75, 3.05) is 20.1 Å². The molecule has 0 saturated carbocycles. The van der Waals surface area contributed by atoms with Gasteiger partial charge in [0.2, 0.25) is 0 Å². The zero-order valence-corrected chi connectivity index (χ0v) is 18.7. The Morgan fingerprint density at radius 1 is 1.20 bits per heavy atom. The van der Waals surface area contributed by atoms with Gasteiger partial charge in [-0.1, -0.05) is 30.7 Å². The van der Waals surface area contributed by atoms with Crippen molar-refractivity contribution in [1.29, 1.82) is 0 Å². The molecule has 1 aliphatic rings. The van der Waals surface area contributed by atoms with E-state index in [1.54, 1.807) is 36.4 Å². The van der Waals surface area contributed by atoms with Gasteiger partial charge in [0, 0.05) is 0 Å². The summed E-state index contributed by atoms with van der Waals surface area (Å²) in [5, 5.41) is 9.92. The van der Waals surface area contributed by atoms with Gasteiger partial charge >= 0.3 is 0 Å². The van der Waals surface area contributed by atoms with E-state index in [0.717, 1.165) is 48.9 Å². The molecule has 0 radical (unpaired) electrons. The third-order valence-corrected chi connectivity index (χ3v) is 6.63. The number of nitrogens with zero attached hydrogens (tertiary/aromatic N) is 1. The van der Waals surface area contributed by atoms with Crippen molar-refractivity contribution in [3.8, 4) is 5.75 Å². The predicted octanol–water partition coefficient (Wildman–Crippen LogP) is 4.17. The van der Waals surface area contributed by atoms with Gasteiger partial charge in [0.1, 0.15) is 5.75 Å². The van der Waals surface area contributed by atoms with Gasteiger partial charge in [0.25, 0.3) is 10.1 Å². The van der Waals surface area contributed by atoms with E-state index < -0.39 is 16.4 Å². The fourth-order valence-corrected chi connectivity index (χ4v) is 4.76. The van der Waals surface area contributed by atoms with Crippen LogP contribution in [0.2, 0.25) is 0 Å². The van der Waals surface area contributed by atoms with Crippen molar-refractivity contribution in [2.45, 2.75) is 56.8 Å². The highest BCUT2D eigenvalue weighted by Gasteiger charge is 2.29. The van der Waals surface area contributed by atoms with E-state index >= 15 is 0 Å². The van der Waals surface area contributed by atoms with E-state index in [1.807, 2.05) is 24.9 Å². The number of likely N-dealkylation sites (N-methyl/N-ethyl adjacent to an activating group) is 1. The molecule has 0 aromatic heterocycles. The highest BCUT2D eigenvalue weighted by Crippen LogP contribution is 2.36. The van der Waals surface area contributed by atoms with Crippen LogP contribution in [-0.2, 0) is 25.5 Å². The molecule has 164 valence electrons. The van der Waals surface area contributed by atoms with E-state index in [1.165, 1.54) is 0 Å². The van der Waals surface area contributed by atoms with Gasteiger partial charge in [-0.3, -0.25) is 0 Å². The van der Waals surface area contributed by atoms with E-state index in [-0.39, 0.29) is 16.7 Å². The summed E-state index contributed by atoms with van der Waals surface area (Å²) in [5.74, 6) is 0.178. The quantitative estimate of drug-likeness (QED) is 0.473. The molecule has 6 nitrogen and oxygen atoms in total. The SMILES string of the molecule is CCCN(C)CC(O[C@H]1CCCc2ccc(O)cc21)OS(=O)(=O)c1ccc(C)cc1. The Hall–Kier alpha value is -1.93. The molecule has 1 N–H and O–H groups in total. The van der Waals surface area contributed by atoms with E-state index in [4.69, 9.17) is 8.92 Å². The summed E-state index contributed by atoms with van der Waals surface area (Å²) in [6.45, 7) is 5.09. The first-order valence-corrected chi connectivity index (χ1v) is 11.8. The topological polar surface area (TPSA) is 76.1 Å². The van der Waals surface area contributed by atoms with Crippen molar-refractivity contribution >= 4 is 10.1 Å². The molecule has 7 heteroatoms. The molecule has 2 aromatic rings. The van der Waals surface area contributed by atoms with Crippen LogP contribution in [0.25, 0.3) is 0 Å². The Morgan fingerprint density at radius 2 is 1.93 bits per heavy atom. The van der Waals surface area contributed by atoms with Crippen molar-refractivity contribution in [3.05, 3.63) is 59.2 Å². The predicted molar refractivity (Wildman–Crippen MR) is 116 cm³/mol. The smallest absolute Gasteiger partial charge is 0.299 e. The number of rotatable bonds is 9. The van der Waals surface area contributed by atoms with Crippen LogP contribution in [0, 0.1) is 6.92 Å². The van der Waals surface area contributed by atoms with Gasteiger partial charge in [0.15, 0.2) is 6.29 Å². The van der Waals surface area contributed by atoms with Gasteiger partial charge in [-0.05, 0) is 81.6 Å². The minimum Gasteiger partial charge on any atom is -0.508 e. The Bertz CT molecular complexity index is 943. The summed E-state index contributed by atoms with van der Waals surface area (Å²) < 4.78 is 37.5. The second kappa shape index (κ2) is 9.92. The minimum atomic E-state index is -3.97. The summed E-state index contributed by atoms with van der Waals surface area (Å²) >= 11 is 0. The number of aromatic hydroxyl groups is 1. The first kappa shape index (κ1) is 22.7. The number of hydrogen-bond donors (Lipinski definition) is 1. The Morgan fingerprint density at radius 3 is 2.63 bits per heavy atom. The lowest BCUT2D eigenvalue weighted by molar-refractivity contribution is -0.132. The lowest BCUT2D eigenvalue weighted by Gasteiger charge is -2.31. The summed E-state index contributed by atoms with van der Waals surface area (Å²) in [5.41, 5.74) is 3.00. The number of phenols is 1. The molecule has 0 saturated heterocycles. The molecule has 0 fully saturated rings. The number of ether oxygens (including phenoxy) is 1. The summed E-state index contributed by atoms with van der Waals surface area (Å²) in [6.07, 6.45) is 2.26. The first-order chi connectivity index (χ1) is 14.3. The molecule has 0 bridgehead atoms. The average Bonchev–Trinajstić information content (AvgIpc) is 2.68. The Kier molecular flexibility index (Phi) is 7.52. The van der Waals surface area contributed by atoms with Crippen LogP contribution in [-0.4, -0.2) is 44.9 Å². The highest BCUT2D eigenvalue weighted by atomic mass is 32.2. The number of fused-ring (bicyclic) bond motifs is 1. The van der Waals surface area contributed by atoms with Crippen LogP contribution >= 0.6 is 0 Å². The largest absolute Gasteiger partial charge is 0.508 e. The molecule has 0 heterocycles. The highest BCUT2D eigenvalue weighted by molar-refractivity contribution is 7.86. The molecule has 1 aliphatic carbocycles. The van der Waals surface area contributed by atoms with Gasteiger partial charge in [0.05, 0.1) is 17.5 Å². The maximum absolute atomic E-state index is 12.9. The summed E-state index contributed by atoms with van der Waals surface area (Å²) in [4.78, 5) is 2.11. The Balaban J connectivity index is 1.83. The normalized spacial score (nSPS) is 17.7. The molecular weight excluding hydrogens is 402 g/mol. The van der Waals surface area contributed by atoms with Crippen molar-refractivity contribution in [2.24, 2.45) is 0 Å². The average molecular weight is 434 g/mol. The van der Waals surface area contributed by atoms with E-state index in [2.05, 4.69) is 6.92 Å². The van der Waals surface area contributed by atoms with Crippen molar-refractivity contribution < 1.29 is 22.4 Å². The molecule has 2 atom stereocenters. The van der Waals surface area contributed by atoms with Gasteiger partial charge in [-0.15, -0.1) is 0 Å². The van der Waals surface area contributed by atoms with Gasteiger partial charge < -0.3 is 14.7 Å². The third-order valence-electron chi connectivity index (χ3n) is 5.31. The third kappa shape index (κ3) is 5.82. The molecule has 30 heavy (non-hydrogen) atoms. The molecule has 0 amide bonds. The minimum absolute atomic E-state index is 0.113. The lowest BCUT2D eigenvalue weighted by Crippen LogP contribution is -2.36. The standard InChI is InChI=1S/C23H31NO5S/c1-4-14-24(3)16-23(29-30(26,27)20-12-8-17(2)9-13-20)28-22-7-5-6-18-10-11-19(25)15-21(18)22/h8-13,15,22-23,25H,4-7,14,16H2,1-3H3/t22-,23?/m0/s1. The van der Waals surface area contributed by atoms with Crippen molar-refractivity contribution in [1.82, 2.24) is 4.90 Å². The molecule has 0 spiro atoms. The summed E-state index contributed by atoms with van der Waals surface area (Å²) in [7, 11) is -2.06. The second-order valence-electron chi connectivity index (χ2n) is 7.96. The maximum atomic E-state index is 12.9. The first-order valence-electron chi connectivity index (χ1n) is 10.4. The molecule has 3 rings (SSSR count). The van der Waals surface area contributed by atoms with E-state index in [9.17, 15) is 13.5 Å². The number of hydrogen-bond acceptors (Lipinski definition) is 6. The summed E-state index contributed by atoms with van der Waals surface area (Å²) in [6, 6.07) is 11.9. The fraction of sp³-hybridized carbons (Fsp3) is 0.478. The molecule has 0 aliphatic heterocycles. The zero-order chi connectivity index (χ0) is 21.7. The lowest BCUT2D eigenvalue weighted by atomic mass is 9.89. The number of phenolic OH excluding ortho intramolecular Hbond substituents is 1. The molecule has 1 unspecified atom stereocenters.